The zero-order valence-electron chi connectivity index (χ0n) is 18.0. The molecule has 0 fully saturated rings. The second-order valence-electron chi connectivity index (χ2n) is 7.57. The molecule has 1 aromatic carbocycles. The SMILES string of the molecule is C#Cc1cccc(N(CC(=O)NC)C(=O)CCc2c(C)nn(CC(C)C)c2C)c1. The first kappa shape index (κ1) is 22.2. The van der Waals surface area contributed by atoms with Gasteiger partial charge in [0, 0.05) is 37.0 Å². The van der Waals surface area contributed by atoms with Gasteiger partial charge in [0.05, 0.1) is 5.69 Å². The van der Waals surface area contributed by atoms with E-state index in [4.69, 9.17) is 6.42 Å². The summed E-state index contributed by atoms with van der Waals surface area (Å²) in [4.78, 5) is 26.5. The van der Waals surface area contributed by atoms with E-state index in [0.717, 1.165) is 23.5 Å². The first-order valence-corrected chi connectivity index (χ1v) is 9.87. The molecule has 6 nitrogen and oxygen atoms in total. The van der Waals surface area contributed by atoms with Crippen LogP contribution in [0.15, 0.2) is 24.3 Å². The Kier molecular flexibility index (Phi) is 7.60. The highest BCUT2D eigenvalue weighted by atomic mass is 16.2. The molecule has 154 valence electrons. The number of amides is 2. The first-order valence-electron chi connectivity index (χ1n) is 9.87. The molecule has 0 saturated carbocycles. The monoisotopic (exact) mass is 394 g/mol. The lowest BCUT2D eigenvalue weighted by Gasteiger charge is -2.22. The smallest absolute Gasteiger partial charge is 0.239 e. The largest absolute Gasteiger partial charge is 0.358 e. The van der Waals surface area contributed by atoms with Crippen molar-refractivity contribution in [2.45, 2.75) is 47.1 Å². The number of aryl methyl sites for hydroxylation is 1. The van der Waals surface area contributed by atoms with E-state index >= 15 is 0 Å². The molecule has 29 heavy (non-hydrogen) atoms. The number of hydrogen-bond donors (Lipinski definition) is 1. The van der Waals surface area contributed by atoms with Crippen LogP contribution in [0.3, 0.4) is 0 Å². The third kappa shape index (κ3) is 5.71. The number of nitrogens with zero attached hydrogens (tertiary/aromatic N) is 3. The Morgan fingerprint density at radius 2 is 2.03 bits per heavy atom. The summed E-state index contributed by atoms with van der Waals surface area (Å²) in [5, 5.41) is 7.20. The maximum atomic E-state index is 13.0. The van der Waals surface area contributed by atoms with E-state index in [9.17, 15) is 9.59 Å². The van der Waals surface area contributed by atoms with Crippen molar-refractivity contribution in [3.8, 4) is 12.3 Å². The molecular formula is C23H30N4O2. The molecule has 0 unspecified atom stereocenters. The maximum Gasteiger partial charge on any atom is 0.239 e. The second kappa shape index (κ2) is 9.92. The van der Waals surface area contributed by atoms with Crippen LogP contribution in [0.2, 0.25) is 0 Å². The van der Waals surface area contributed by atoms with Crippen molar-refractivity contribution in [3.05, 3.63) is 46.8 Å². The molecule has 6 heteroatoms. The summed E-state index contributed by atoms with van der Waals surface area (Å²) >= 11 is 0. The van der Waals surface area contributed by atoms with Gasteiger partial charge in [0.25, 0.3) is 0 Å². The third-order valence-corrected chi connectivity index (χ3v) is 4.86. The summed E-state index contributed by atoms with van der Waals surface area (Å²) in [7, 11) is 1.55. The summed E-state index contributed by atoms with van der Waals surface area (Å²) < 4.78 is 2.01. The van der Waals surface area contributed by atoms with Crippen molar-refractivity contribution in [1.29, 1.82) is 0 Å². The summed E-state index contributed by atoms with van der Waals surface area (Å²) in [5.41, 5.74) is 4.42. The Balaban J connectivity index is 2.21. The number of carbonyl (C=O) groups is 2. The number of benzene rings is 1. The van der Waals surface area contributed by atoms with E-state index in [2.05, 4.69) is 30.2 Å². The number of aromatic nitrogens is 2. The Labute approximate surface area is 173 Å². The minimum atomic E-state index is -0.235. The van der Waals surface area contributed by atoms with E-state index in [1.807, 2.05) is 18.5 Å². The van der Waals surface area contributed by atoms with E-state index in [-0.39, 0.29) is 24.8 Å². The predicted molar refractivity (Wildman–Crippen MR) is 116 cm³/mol. The molecule has 0 aliphatic rings. The fraction of sp³-hybridized carbons (Fsp3) is 0.435. The number of terminal acetylenes is 1. The molecular weight excluding hydrogens is 364 g/mol. The molecule has 1 aromatic heterocycles. The highest BCUT2D eigenvalue weighted by Crippen LogP contribution is 2.20. The van der Waals surface area contributed by atoms with E-state index < -0.39 is 0 Å². The Morgan fingerprint density at radius 3 is 2.66 bits per heavy atom. The van der Waals surface area contributed by atoms with Crippen LogP contribution < -0.4 is 10.2 Å². The molecule has 1 N–H and O–H groups in total. The lowest BCUT2D eigenvalue weighted by Crippen LogP contribution is -2.40. The zero-order chi connectivity index (χ0) is 21.6. The van der Waals surface area contributed by atoms with Crippen molar-refractivity contribution in [3.63, 3.8) is 0 Å². The molecule has 0 aliphatic carbocycles. The third-order valence-electron chi connectivity index (χ3n) is 4.86. The van der Waals surface area contributed by atoms with Crippen LogP contribution in [0.5, 0.6) is 0 Å². The fourth-order valence-corrected chi connectivity index (χ4v) is 3.30. The fourth-order valence-electron chi connectivity index (χ4n) is 3.30. The second-order valence-corrected chi connectivity index (χ2v) is 7.57. The average molecular weight is 395 g/mol. The minimum Gasteiger partial charge on any atom is -0.358 e. The molecule has 0 atom stereocenters. The summed E-state index contributed by atoms with van der Waals surface area (Å²) in [5.74, 6) is 2.70. The van der Waals surface area contributed by atoms with Gasteiger partial charge in [-0.3, -0.25) is 14.3 Å². The van der Waals surface area contributed by atoms with Crippen molar-refractivity contribution >= 4 is 17.5 Å². The highest BCUT2D eigenvalue weighted by molar-refractivity contribution is 5.98. The molecule has 2 rings (SSSR count). The first-order chi connectivity index (χ1) is 13.8. The van der Waals surface area contributed by atoms with Crippen LogP contribution in [0, 0.1) is 32.1 Å². The van der Waals surface area contributed by atoms with Crippen LogP contribution in [0.25, 0.3) is 0 Å². The Bertz CT molecular complexity index is 921. The number of carbonyl (C=O) groups excluding carboxylic acids is 2. The maximum absolute atomic E-state index is 13.0. The van der Waals surface area contributed by atoms with Crippen molar-refractivity contribution in [2.24, 2.45) is 5.92 Å². The molecule has 0 bridgehead atoms. The van der Waals surface area contributed by atoms with Crippen LogP contribution in [-0.4, -0.2) is 35.2 Å². The quantitative estimate of drug-likeness (QED) is 0.700. The number of rotatable bonds is 8. The number of nitrogens with one attached hydrogen (secondary N) is 1. The van der Waals surface area contributed by atoms with Crippen LogP contribution in [0.1, 0.15) is 42.8 Å². The van der Waals surface area contributed by atoms with Gasteiger partial charge in [-0.25, -0.2) is 0 Å². The average Bonchev–Trinajstić information content (AvgIpc) is 2.96. The standard InChI is InChI=1S/C23H30N4O2/c1-7-19-9-8-10-20(13-19)26(15-22(28)24-6)23(29)12-11-21-17(4)25-27(18(21)5)14-16(2)3/h1,8-10,13,16H,11-12,14-15H2,2-6H3,(H,24,28). The summed E-state index contributed by atoms with van der Waals surface area (Å²) in [6.45, 7) is 9.13. The molecule has 0 spiro atoms. The topological polar surface area (TPSA) is 67.2 Å². The van der Waals surface area contributed by atoms with Gasteiger partial charge in [0.2, 0.25) is 11.8 Å². The van der Waals surface area contributed by atoms with Crippen LogP contribution >= 0.6 is 0 Å². The van der Waals surface area contributed by atoms with Gasteiger partial charge in [-0.05, 0) is 49.9 Å². The lowest BCUT2D eigenvalue weighted by molar-refractivity contribution is -0.123. The lowest BCUT2D eigenvalue weighted by atomic mass is 10.1. The van der Waals surface area contributed by atoms with Crippen LogP contribution in [0.4, 0.5) is 5.69 Å². The van der Waals surface area contributed by atoms with Crippen molar-refractivity contribution in [1.82, 2.24) is 15.1 Å². The molecule has 2 amide bonds. The van der Waals surface area contributed by atoms with Crippen molar-refractivity contribution < 1.29 is 9.59 Å². The predicted octanol–water partition coefficient (Wildman–Crippen LogP) is 2.85. The van der Waals surface area contributed by atoms with E-state index in [0.29, 0.717) is 23.6 Å². The van der Waals surface area contributed by atoms with Gasteiger partial charge < -0.3 is 10.2 Å². The Hall–Kier alpha value is -3.07. The summed E-state index contributed by atoms with van der Waals surface area (Å²) in [6, 6.07) is 7.12. The van der Waals surface area contributed by atoms with Gasteiger partial charge in [0.15, 0.2) is 0 Å². The highest BCUT2D eigenvalue weighted by Gasteiger charge is 2.21. The van der Waals surface area contributed by atoms with Gasteiger partial charge in [-0.1, -0.05) is 25.8 Å². The van der Waals surface area contributed by atoms with Crippen molar-refractivity contribution in [2.75, 3.05) is 18.5 Å². The Morgan fingerprint density at radius 1 is 1.31 bits per heavy atom. The molecule has 0 radical (unpaired) electrons. The molecule has 0 aliphatic heterocycles. The number of hydrogen-bond acceptors (Lipinski definition) is 3. The number of likely N-dealkylation sites (N-methyl/N-ethyl adjacent to an activating group) is 1. The van der Waals surface area contributed by atoms with Gasteiger partial charge in [0.1, 0.15) is 6.54 Å². The minimum absolute atomic E-state index is 0.0477. The van der Waals surface area contributed by atoms with Gasteiger partial charge in [-0.15, -0.1) is 6.42 Å². The van der Waals surface area contributed by atoms with Crippen LogP contribution in [-0.2, 0) is 22.6 Å². The van der Waals surface area contributed by atoms with Gasteiger partial charge in [-0.2, -0.15) is 5.10 Å². The molecule has 1 heterocycles. The van der Waals surface area contributed by atoms with E-state index in [1.54, 1.807) is 31.3 Å². The summed E-state index contributed by atoms with van der Waals surface area (Å²) in [6.07, 6.45) is 6.35. The van der Waals surface area contributed by atoms with Gasteiger partial charge >= 0.3 is 0 Å². The molecule has 2 aromatic rings. The number of anilines is 1. The molecule has 0 saturated heterocycles. The normalized spacial score (nSPS) is 10.7. The van der Waals surface area contributed by atoms with E-state index in [1.165, 1.54) is 4.90 Å². The zero-order valence-corrected chi connectivity index (χ0v) is 18.0.